The van der Waals surface area contributed by atoms with E-state index < -0.39 is 10.9 Å². The van der Waals surface area contributed by atoms with E-state index in [1.54, 1.807) is 6.07 Å². The molecule has 0 fully saturated rings. The number of nitro benzene ring substituents is 1. The van der Waals surface area contributed by atoms with Crippen LogP contribution in [0.4, 0.5) is 5.69 Å². The van der Waals surface area contributed by atoms with Crippen LogP contribution in [0.5, 0.6) is 0 Å². The zero-order chi connectivity index (χ0) is 13.5. The van der Waals surface area contributed by atoms with Crippen LogP contribution in [0.3, 0.4) is 0 Å². The lowest BCUT2D eigenvalue weighted by Crippen LogP contribution is -2.19. The number of non-ortho nitro benzene ring substituents is 1. The Labute approximate surface area is 105 Å². The molecule has 1 aromatic carbocycles. The van der Waals surface area contributed by atoms with Crippen molar-refractivity contribution < 1.29 is 14.8 Å². The molecule has 0 saturated carbocycles. The molecule has 0 aliphatic carbocycles. The fourth-order valence-electron chi connectivity index (χ4n) is 1.66. The van der Waals surface area contributed by atoms with E-state index in [9.17, 15) is 14.9 Å². The van der Waals surface area contributed by atoms with E-state index in [0.717, 1.165) is 5.56 Å². The van der Waals surface area contributed by atoms with Crippen molar-refractivity contribution >= 4 is 11.7 Å². The van der Waals surface area contributed by atoms with Crippen LogP contribution in [0, 0.1) is 10.1 Å². The highest BCUT2D eigenvalue weighted by Crippen LogP contribution is 2.14. The lowest BCUT2D eigenvalue weighted by molar-refractivity contribution is -0.384. The molecule has 18 heavy (non-hydrogen) atoms. The zero-order valence-corrected chi connectivity index (χ0v) is 10.2. The Balaban J connectivity index is 2.48. The Hall–Kier alpha value is -1.95. The molecule has 0 bridgehead atoms. The number of carboxylic acids is 1. The van der Waals surface area contributed by atoms with Crippen LogP contribution in [0.25, 0.3) is 0 Å². The third kappa shape index (κ3) is 4.92. The van der Waals surface area contributed by atoms with Crippen LogP contribution in [0.15, 0.2) is 24.3 Å². The zero-order valence-electron chi connectivity index (χ0n) is 10.2. The third-order valence-electron chi connectivity index (χ3n) is 2.50. The molecule has 0 aromatic heterocycles. The largest absolute Gasteiger partial charge is 0.481 e. The molecule has 0 atom stereocenters. The number of rotatable bonds is 7. The summed E-state index contributed by atoms with van der Waals surface area (Å²) in [7, 11) is 1.86. The molecule has 1 aromatic rings. The van der Waals surface area contributed by atoms with E-state index in [1.165, 1.54) is 12.1 Å². The van der Waals surface area contributed by atoms with Crippen molar-refractivity contribution in [1.82, 2.24) is 4.90 Å². The maximum absolute atomic E-state index is 10.6. The molecule has 0 saturated heterocycles. The smallest absolute Gasteiger partial charge is 0.303 e. The van der Waals surface area contributed by atoms with Crippen molar-refractivity contribution in [3.8, 4) is 0 Å². The molecule has 98 valence electrons. The van der Waals surface area contributed by atoms with Crippen LogP contribution in [0.2, 0.25) is 0 Å². The van der Waals surface area contributed by atoms with Gasteiger partial charge in [-0.05, 0) is 25.6 Å². The van der Waals surface area contributed by atoms with Crippen LogP contribution in [-0.2, 0) is 11.3 Å². The quantitative estimate of drug-likeness (QED) is 0.591. The van der Waals surface area contributed by atoms with Crippen LogP contribution in [0.1, 0.15) is 18.4 Å². The van der Waals surface area contributed by atoms with Gasteiger partial charge in [0.25, 0.3) is 5.69 Å². The normalized spacial score (nSPS) is 10.6. The van der Waals surface area contributed by atoms with Gasteiger partial charge >= 0.3 is 5.97 Å². The maximum Gasteiger partial charge on any atom is 0.303 e. The number of hydrogen-bond acceptors (Lipinski definition) is 4. The molecule has 0 aliphatic heterocycles. The highest BCUT2D eigenvalue weighted by molar-refractivity contribution is 5.66. The lowest BCUT2D eigenvalue weighted by Gasteiger charge is -2.15. The van der Waals surface area contributed by atoms with Gasteiger partial charge in [-0.3, -0.25) is 14.9 Å². The summed E-state index contributed by atoms with van der Waals surface area (Å²) in [5, 5.41) is 19.1. The predicted octanol–water partition coefficient (Wildman–Crippen LogP) is 1.89. The number of carbonyl (C=O) groups is 1. The molecule has 0 radical (unpaired) electrons. The molecule has 0 spiro atoms. The van der Waals surface area contributed by atoms with E-state index in [4.69, 9.17) is 5.11 Å². The van der Waals surface area contributed by atoms with Crippen molar-refractivity contribution in [2.75, 3.05) is 13.6 Å². The van der Waals surface area contributed by atoms with Crippen molar-refractivity contribution in [3.05, 3.63) is 39.9 Å². The second-order valence-corrected chi connectivity index (χ2v) is 4.16. The summed E-state index contributed by atoms with van der Waals surface area (Å²) in [6.07, 6.45) is 0.708. The summed E-state index contributed by atoms with van der Waals surface area (Å²) in [4.78, 5) is 22.5. The Morgan fingerprint density at radius 1 is 1.50 bits per heavy atom. The Morgan fingerprint density at radius 3 is 2.83 bits per heavy atom. The molecular formula is C12H16N2O4. The van der Waals surface area contributed by atoms with Gasteiger partial charge in [-0.25, -0.2) is 0 Å². The highest BCUT2D eigenvalue weighted by atomic mass is 16.6. The van der Waals surface area contributed by atoms with Crippen molar-refractivity contribution in [2.24, 2.45) is 0 Å². The van der Waals surface area contributed by atoms with Gasteiger partial charge in [0.1, 0.15) is 0 Å². The SMILES string of the molecule is CN(CCCC(=O)O)Cc1cccc([N+](=O)[O-])c1. The van der Waals surface area contributed by atoms with Crippen molar-refractivity contribution in [3.63, 3.8) is 0 Å². The van der Waals surface area contributed by atoms with E-state index >= 15 is 0 Å². The van der Waals surface area contributed by atoms with E-state index in [-0.39, 0.29) is 12.1 Å². The average molecular weight is 252 g/mol. The summed E-state index contributed by atoms with van der Waals surface area (Å²) in [5.74, 6) is -0.807. The van der Waals surface area contributed by atoms with E-state index in [2.05, 4.69) is 0 Å². The van der Waals surface area contributed by atoms with Gasteiger partial charge in [-0.2, -0.15) is 0 Å². The minimum atomic E-state index is -0.807. The van der Waals surface area contributed by atoms with Gasteiger partial charge in [-0.1, -0.05) is 12.1 Å². The number of carboxylic acid groups (broad SMARTS) is 1. The number of aliphatic carboxylic acids is 1. The molecule has 6 heteroatoms. The van der Waals surface area contributed by atoms with Crippen LogP contribution >= 0.6 is 0 Å². The minimum Gasteiger partial charge on any atom is -0.481 e. The predicted molar refractivity (Wildman–Crippen MR) is 66.3 cm³/mol. The Bertz CT molecular complexity index is 434. The monoisotopic (exact) mass is 252 g/mol. The highest BCUT2D eigenvalue weighted by Gasteiger charge is 2.07. The summed E-state index contributed by atoms with van der Waals surface area (Å²) >= 11 is 0. The van der Waals surface area contributed by atoms with Crippen molar-refractivity contribution in [2.45, 2.75) is 19.4 Å². The minimum absolute atomic E-state index is 0.0754. The molecule has 0 heterocycles. The first-order valence-electron chi connectivity index (χ1n) is 5.62. The first kappa shape index (κ1) is 14.1. The maximum atomic E-state index is 10.6. The van der Waals surface area contributed by atoms with Crippen molar-refractivity contribution in [1.29, 1.82) is 0 Å². The van der Waals surface area contributed by atoms with Crippen LogP contribution < -0.4 is 0 Å². The molecule has 1 rings (SSSR count). The number of nitro groups is 1. The standard InChI is InChI=1S/C12H16N2O4/c1-13(7-3-6-12(15)16)9-10-4-2-5-11(8-10)14(17)18/h2,4-5,8H,3,6-7,9H2,1H3,(H,15,16). The van der Waals surface area contributed by atoms with E-state index in [1.807, 2.05) is 18.0 Å². The summed E-state index contributed by atoms with van der Waals surface area (Å²) in [6, 6.07) is 6.46. The van der Waals surface area contributed by atoms with Gasteiger partial charge in [-0.15, -0.1) is 0 Å². The molecular weight excluding hydrogens is 236 g/mol. The van der Waals surface area contributed by atoms with Gasteiger partial charge in [0.2, 0.25) is 0 Å². The van der Waals surface area contributed by atoms with Gasteiger partial charge < -0.3 is 10.0 Å². The summed E-state index contributed by atoms with van der Waals surface area (Å²) in [6.45, 7) is 1.22. The number of hydrogen-bond donors (Lipinski definition) is 1. The Kier molecular flexibility index (Phi) is 5.26. The van der Waals surface area contributed by atoms with E-state index in [0.29, 0.717) is 19.5 Å². The number of nitrogens with zero attached hydrogens (tertiary/aromatic N) is 2. The third-order valence-corrected chi connectivity index (χ3v) is 2.50. The average Bonchev–Trinajstić information content (AvgIpc) is 2.28. The summed E-state index contributed by atoms with van der Waals surface area (Å²) < 4.78 is 0. The molecule has 1 N–H and O–H groups in total. The lowest BCUT2D eigenvalue weighted by atomic mass is 10.2. The summed E-state index contributed by atoms with van der Waals surface area (Å²) in [5.41, 5.74) is 0.925. The topological polar surface area (TPSA) is 83.7 Å². The fraction of sp³-hybridized carbons (Fsp3) is 0.417. The first-order chi connectivity index (χ1) is 8.49. The molecule has 6 nitrogen and oxygen atoms in total. The first-order valence-corrected chi connectivity index (χ1v) is 5.62. The van der Waals surface area contributed by atoms with Gasteiger partial charge in [0.05, 0.1) is 4.92 Å². The number of benzene rings is 1. The van der Waals surface area contributed by atoms with Gasteiger partial charge in [0, 0.05) is 25.1 Å². The fourth-order valence-corrected chi connectivity index (χ4v) is 1.66. The second-order valence-electron chi connectivity index (χ2n) is 4.16. The molecule has 0 amide bonds. The van der Waals surface area contributed by atoms with Gasteiger partial charge in [0.15, 0.2) is 0 Å². The Morgan fingerprint density at radius 2 is 2.22 bits per heavy atom. The second kappa shape index (κ2) is 6.70. The molecule has 0 unspecified atom stereocenters. The van der Waals surface area contributed by atoms with Crippen LogP contribution in [-0.4, -0.2) is 34.5 Å². The molecule has 0 aliphatic rings.